The van der Waals surface area contributed by atoms with Crippen LogP contribution in [0.1, 0.15) is 11.5 Å². The molecule has 0 spiro atoms. The van der Waals surface area contributed by atoms with Gasteiger partial charge in [0.25, 0.3) is 0 Å². The summed E-state index contributed by atoms with van der Waals surface area (Å²) in [6, 6.07) is 16.3. The maximum atomic E-state index is 13.0. The van der Waals surface area contributed by atoms with E-state index in [-0.39, 0.29) is 22.3 Å². The lowest BCUT2D eigenvalue weighted by molar-refractivity contribution is 0.249. The van der Waals surface area contributed by atoms with Gasteiger partial charge in [-0.15, -0.1) is 0 Å². The van der Waals surface area contributed by atoms with Gasteiger partial charge in [0.05, 0.1) is 31.0 Å². The SMILES string of the molecule is COc1ccc(-c2c3oc(CO)cc(=O)c3nc3c2c(C)nn3-c2ccccc2)cc1OC. The van der Waals surface area contributed by atoms with Crippen molar-refractivity contribution in [2.45, 2.75) is 13.5 Å². The molecular weight excluding hydrogens is 422 g/mol. The molecule has 0 saturated heterocycles. The third-order valence-electron chi connectivity index (χ3n) is 5.53. The normalized spacial score (nSPS) is 11.3. The molecule has 0 radical (unpaired) electrons. The number of para-hydroxylation sites is 1. The van der Waals surface area contributed by atoms with Crippen LogP contribution in [0.4, 0.5) is 0 Å². The Morgan fingerprint density at radius 1 is 1.03 bits per heavy atom. The minimum atomic E-state index is -0.406. The van der Waals surface area contributed by atoms with Gasteiger partial charge in [0.1, 0.15) is 12.4 Å². The molecule has 2 aromatic carbocycles. The molecule has 1 N–H and O–H groups in total. The minimum absolute atomic E-state index is 0.154. The maximum absolute atomic E-state index is 13.0. The van der Waals surface area contributed by atoms with Crippen molar-refractivity contribution in [1.82, 2.24) is 14.8 Å². The zero-order valence-corrected chi connectivity index (χ0v) is 18.3. The summed E-state index contributed by atoms with van der Waals surface area (Å²) in [7, 11) is 3.13. The number of pyridine rings is 1. The molecule has 5 rings (SSSR count). The Hall–Kier alpha value is -4.17. The molecule has 0 amide bonds. The number of nitrogens with zero attached hydrogens (tertiary/aromatic N) is 3. The van der Waals surface area contributed by atoms with E-state index in [4.69, 9.17) is 19.0 Å². The van der Waals surface area contributed by atoms with E-state index in [2.05, 4.69) is 4.98 Å². The third-order valence-corrected chi connectivity index (χ3v) is 5.53. The molecule has 0 saturated carbocycles. The highest BCUT2D eigenvalue weighted by Crippen LogP contribution is 2.40. The smallest absolute Gasteiger partial charge is 0.211 e. The second-order valence-corrected chi connectivity index (χ2v) is 7.50. The molecule has 0 aliphatic carbocycles. The number of aliphatic hydroxyl groups is 1. The first-order chi connectivity index (χ1) is 16.0. The highest BCUT2D eigenvalue weighted by atomic mass is 16.5. The lowest BCUT2D eigenvalue weighted by Crippen LogP contribution is -2.07. The first-order valence-electron chi connectivity index (χ1n) is 10.3. The van der Waals surface area contributed by atoms with Crippen LogP contribution in [0.2, 0.25) is 0 Å². The topological polar surface area (TPSA) is 99.6 Å². The van der Waals surface area contributed by atoms with Gasteiger partial charge >= 0.3 is 0 Å². The van der Waals surface area contributed by atoms with Crippen molar-refractivity contribution in [3.8, 4) is 28.3 Å². The fourth-order valence-electron chi connectivity index (χ4n) is 4.04. The van der Waals surface area contributed by atoms with Crippen molar-refractivity contribution in [3.05, 3.63) is 76.3 Å². The molecule has 0 atom stereocenters. The summed E-state index contributed by atoms with van der Waals surface area (Å²) < 4.78 is 18.6. The first-order valence-corrected chi connectivity index (χ1v) is 10.3. The highest BCUT2D eigenvalue weighted by Gasteiger charge is 2.23. The lowest BCUT2D eigenvalue weighted by Gasteiger charge is -2.13. The second-order valence-electron chi connectivity index (χ2n) is 7.50. The van der Waals surface area contributed by atoms with E-state index in [1.165, 1.54) is 6.07 Å². The summed E-state index contributed by atoms with van der Waals surface area (Å²) in [5.74, 6) is 1.26. The Morgan fingerprint density at radius 3 is 2.48 bits per heavy atom. The van der Waals surface area contributed by atoms with Crippen LogP contribution in [-0.2, 0) is 6.61 Å². The van der Waals surface area contributed by atoms with Crippen LogP contribution in [0.5, 0.6) is 11.5 Å². The molecule has 0 unspecified atom stereocenters. The molecule has 5 aromatic rings. The Kier molecular flexibility index (Phi) is 5.07. The van der Waals surface area contributed by atoms with E-state index in [1.807, 2.05) is 49.4 Å². The standard InChI is InChI=1S/C25H21N3O5/c1-14-21-22(15-9-10-19(31-2)20(11-15)32-3)24-23(18(30)12-17(13-29)33-24)26-25(21)28(27-14)16-7-5-4-6-8-16/h4-12,29H,13H2,1-3H3. The van der Waals surface area contributed by atoms with E-state index < -0.39 is 6.61 Å². The predicted octanol–water partition coefficient (Wildman–Crippen LogP) is 4.01. The van der Waals surface area contributed by atoms with Crippen LogP contribution in [0.3, 0.4) is 0 Å². The van der Waals surface area contributed by atoms with Crippen LogP contribution in [-0.4, -0.2) is 34.1 Å². The molecule has 0 fully saturated rings. The van der Waals surface area contributed by atoms with Crippen molar-refractivity contribution in [3.63, 3.8) is 0 Å². The molecule has 0 bridgehead atoms. The molecule has 3 aromatic heterocycles. The van der Waals surface area contributed by atoms with E-state index in [0.29, 0.717) is 28.4 Å². The summed E-state index contributed by atoms with van der Waals surface area (Å²) in [6.07, 6.45) is 0. The number of methoxy groups -OCH3 is 2. The quantitative estimate of drug-likeness (QED) is 0.438. The molecule has 8 heteroatoms. The summed E-state index contributed by atoms with van der Waals surface area (Å²) in [5.41, 5.74) is 3.52. The van der Waals surface area contributed by atoms with Crippen molar-refractivity contribution in [2.24, 2.45) is 0 Å². The van der Waals surface area contributed by atoms with Crippen LogP contribution in [0.15, 0.2) is 63.8 Å². The van der Waals surface area contributed by atoms with Crippen molar-refractivity contribution < 1.29 is 19.0 Å². The zero-order chi connectivity index (χ0) is 23.1. The van der Waals surface area contributed by atoms with Gasteiger partial charge in [-0.25, -0.2) is 9.67 Å². The number of benzene rings is 2. The number of ether oxygens (including phenoxy) is 2. The molecule has 166 valence electrons. The minimum Gasteiger partial charge on any atom is -0.493 e. The van der Waals surface area contributed by atoms with Gasteiger partial charge in [-0.1, -0.05) is 24.3 Å². The predicted molar refractivity (Wildman–Crippen MR) is 124 cm³/mol. The Morgan fingerprint density at radius 2 is 1.79 bits per heavy atom. The number of hydrogen-bond donors (Lipinski definition) is 1. The monoisotopic (exact) mass is 443 g/mol. The molecule has 0 aliphatic rings. The van der Waals surface area contributed by atoms with Crippen LogP contribution in [0, 0.1) is 6.92 Å². The Balaban J connectivity index is 1.96. The average molecular weight is 443 g/mol. The summed E-state index contributed by atoms with van der Waals surface area (Å²) in [5, 5.41) is 15.1. The maximum Gasteiger partial charge on any atom is 0.211 e. The first kappa shape index (κ1) is 20.7. The van der Waals surface area contributed by atoms with Gasteiger partial charge in [-0.05, 0) is 36.8 Å². The lowest BCUT2D eigenvalue weighted by atomic mass is 10.00. The zero-order valence-electron chi connectivity index (χ0n) is 18.3. The van der Waals surface area contributed by atoms with E-state index in [1.54, 1.807) is 25.0 Å². The fraction of sp³-hybridized carbons (Fsp3) is 0.160. The van der Waals surface area contributed by atoms with Gasteiger partial charge in [0, 0.05) is 11.6 Å². The number of aryl methyl sites for hydroxylation is 1. The van der Waals surface area contributed by atoms with Gasteiger partial charge in [0.2, 0.25) is 5.43 Å². The number of rotatable bonds is 5. The third kappa shape index (κ3) is 3.32. The van der Waals surface area contributed by atoms with Crippen LogP contribution < -0.4 is 14.9 Å². The van der Waals surface area contributed by atoms with E-state index in [9.17, 15) is 9.90 Å². The molecule has 0 aliphatic heterocycles. The second kappa shape index (κ2) is 8.07. The Bertz CT molecular complexity index is 1550. The molecular formula is C25H21N3O5. The summed E-state index contributed by atoms with van der Waals surface area (Å²) in [6.45, 7) is 1.48. The number of hydrogen-bond acceptors (Lipinski definition) is 7. The van der Waals surface area contributed by atoms with Crippen molar-refractivity contribution in [2.75, 3.05) is 14.2 Å². The largest absolute Gasteiger partial charge is 0.493 e. The van der Waals surface area contributed by atoms with E-state index in [0.717, 1.165) is 16.6 Å². The molecule has 3 heterocycles. The summed E-state index contributed by atoms with van der Waals surface area (Å²) >= 11 is 0. The van der Waals surface area contributed by atoms with Crippen LogP contribution in [0.25, 0.3) is 38.9 Å². The van der Waals surface area contributed by atoms with Gasteiger partial charge in [-0.3, -0.25) is 4.79 Å². The molecule has 8 nitrogen and oxygen atoms in total. The average Bonchev–Trinajstić information content (AvgIpc) is 3.18. The number of aromatic nitrogens is 3. The Labute approximate surface area is 188 Å². The molecule has 33 heavy (non-hydrogen) atoms. The van der Waals surface area contributed by atoms with Gasteiger partial charge < -0.3 is 19.0 Å². The van der Waals surface area contributed by atoms with E-state index >= 15 is 0 Å². The highest BCUT2D eigenvalue weighted by molar-refractivity contribution is 6.07. The van der Waals surface area contributed by atoms with Gasteiger partial charge in [0.15, 0.2) is 28.2 Å². The number of fused-ring (bicyclic) bond motifs is 2. The van der Waals surface area contributed by atoms with Gasteiger partial charge in [-0.2, -0.15) is 5.10 Å². The number of aliphatic hydroxyl groups excluding tert-OH is 1. The van der Waals surface area contributed by atoms with Crippen LogP contribution >= 0.6 is 0 Å². The summed E-state index contributed by atoms with van der Waals surface area (Å²) in [4.78, 5) is 17.6. The fourth-order valence-corrected chi connectivity index (χ4v) is 4.04. The van der Waals surface area contributed by atoms with Crippen molar-refractivity contribution in [1.29, 1.82) is 0 Å². The van der Waals surface area contributed by atoms with Crippen molar-refractivity contribution >= 4 is 22.1 Å².